The van der Waals surface area contributed by atoms with Crippen LogP contribution in [0.3, 0.4) is 0 Å². The number of aromatic nitrogens is 3. The smallest absolute Gasteiger partial charge is 0.246 e. The Labute approximate surface area is 146 Å². The van der Waals surface area contributed by atoms with Gasteiger partial charge in [0, 0.05) is 10.8 Å². The zero-order valence-corrected chi connectivity index (χ0v) is 15.3. The predicted molar refractivity (Wildman–Crippen MR) is 96.0 cm³/mol. The van der Waals surface area contributed by atoms with Gasteiger partial charge < -0.3 is 0 Å². The molecule has 5 nitrogen and oxygen atoms in total. The van der Waals surface area contributed by atoms with Crippen LogP contribution in [0, 0.1) is 16.7 Å². The van der Waals surface area contributed by atoms with Gasteiger partial charge in [-0.05, 0) is 38.8 Å². The Bertz CT molecular complexity index is 1090. The number of nitrogens with zero attached hydrogens (tertiary/aromatic N) is 3. The second-order valence-corrected chi connectivity index (χ2v) is 8.32. The van der Waals surface area contributed by atoms with Crippen molar-refractivity contribution in [3.8, 4) is 5.69 Å². The van der Waals surface area contributed by atoms with Crippen molar-refractivity contribution in [1.29, 1.82) is 0 Å². The summed E-state index contributed by atoms with van der Waals surface area (Å²) in [5.74, 6) is 0.432. The molecule has 1 aromatic heterocycles. The normalized spacial score (nSPS) is 37.9. The van der Waals surface area contributed by atoms with Gasteiger partial charge in [0.05, 0.1) is 17.8 Å². The van der Waals surface area contributed by atoms with E-state index in [-0.39, 0.29) is 27.7 Å². The first-order valence-corrected chi connectivity index (χ1v) is 8.94. The van der Waals surface area contributed by atoms with Crippen LogP contribution in [0.25, 0.3) is 5.69 Å². The highest BCUT2D eigenvalue weighted by molar-refractivity contribution is 5.52. The quantitative estimate of drug-likeness (QED) is 0.751. The summed E-state index contributed by atoms with van der Waals surface area (Å²) in [6, 6.07) is 9.21. The lowest BCUT2D eigenvalue weighted by molar-refractivity contribution is -0.156. The average Bonchev–Trinajstić information content (AvgIpc) is 3.11. The first kappa shape index (κ1) is 15.0. The Morgan fingerprint density at radius 3 is 2.24 bits per heavy atom. The number of fused-ring (bicyclic) bond motifs is 1. The Morgan fingerprint density at radius 2 is 1.64 bits per heavy atom. The number of hydrogen-bond donors (Lipinski definition) is 0. The molecule has 0 amide bonds. The fraction of sp³-hybridized carbons (Fsp3) is 0.500. The van der Waals surface area contributed by atoms with Crippen LogP contribution in [0.15, 0.2) is 51.1 Å². The second-order valence-electron chi connectivity index (χ2n) is 8.32. The summed E-state index contributed by atoms with van der Waals surface area (Å²) in [7, 11) is 0. The van der Waals surface area contributed by atoms with E-state index in [2.05, 4.69) is 34.6 Å². The molecule has 2 aromatic rings. The molecule has 1 spiro atoms. The molecule has 2 unspecified atom stereocenters. The van der Waals surface area contributed by atoms with E-state index in [9.17, 15) is 9.59 Å². The minimum absolute atomic E-state index is 0.0888. The van der Waals surface area contributed by atoms with Crippen molar-refractivity contribution >= 4 is 0 Å². The van der Waals surface area contributed by atoms with Crippen molar-refractivity contribution < 1.29 is 0 Å². The molecule has 25 heavy (non-hydrogen) atoms. The van der Waals surface area contributed by atoms with Gasteiger partial charge in [-0.15, -0.1) is 0 Å². The van der Waals surface area contributed by atoms with Crippen LogP contribution in [-0.4, -0.2) is 13.9 Å². The molecule has 0 radical (unpaired) electrons. The highest BCUT2D eigenvalue weighted by atomic mass is 16.2. The molecule has 4 atom stereocenters. The van der Waals surface area contributed by atoms with E-state index in [0.717, 1.165) is 0 Å². The summed E-state index contributed by atoms with van der Waals surface area (Å²) >= 11 is 0. The van der Waals surface area contributed by atoms with E-state index in [4.69, 9.17) is 0 Å². The average molecular weight is 337 g/mol. The van der Waals surface area contributed by atoms with Crippen molar-refractivity contribution in [2.24, 2.45) is 16.7 Å². The van der Waals surface area contributed by atoms with Crippen LogP contribution < -0.4 is 11.4 Å². The molecule has 3 aliphatic carbocycles. The van der Waals surface area contributed by atoms with Crippen LogP contribution >= 0.6 is 0 Å². The minimum atomic E-state index is -0.371. The molecule has 130 valence electrons. The number of benzene rings is 1. The second kappa shape index (κ2) is 3.92. The van der Waals surface area contributed by atoms with Gasteiger partial charge in [-0.3, -0.25) is 0 Å². The van der Waals surface area contributed by atoms with Crippen molar-refractivity contribution in [3.05, 3.63) is 62.4 Å². The van der Waals surface area contributed by atoms with Crippen LogP contribution in [-0.2, 0) is 12.1 Å². The Balaban J connectivity index is 1.83. The van der Waals surface area contributed by atoms with Crippen LogP contribution in [0.5, 0.6) is 0 Å². The lowest BCUT2D eigenvalue weighted by Gasteiger charge is -2.65. The van der Waals surface area contributed by atoms with E-state index in [1.165, 1.54) is 15.7 Å². The third-order valence-electron chi connectivity index (χ3n) is 8.36. The van der Waals surface area contributed by atoms with Crippen molar-refractivity contribution in [2.75, 3.05) is 0 Å². The molecule has 0 saturated heterocycles. The topological polar surface area (TPSA) is 48.9 Å². The molecule has 2 heterocycles. The summed E-state index contributed by atoms with van der Waals surface area (Å²) in [6.07, 6.45) is 0. The maximum atomic E-state index is 13.3. The van der Waals surface area contributed by atoms with Gasteiger partial charge in [-0.2, -0.15) is 0 Å². The van der Waals surface area contributed by atoms with E-state index < -0.39 is 0 Å². The summed E-state index contributed by atoms with van der Waals surface area (Å²) in [6.45, 7) is 11.7. The Kier molecular flexibility index (Phi) is 2.35. The summed E-state index contributed by atoms with van der Waals surface area (Å²) in [5, 5.41) is 0. The third-order valence-corrected chi connectivity index (χ3v) is 8.36. The molecule has 1 aliphatic heterocycles. The molecular formula is C20H23N3O2. The predicted octanol–water partition coefficient (Wildman–Crippen LogP) is 2.52. The van der Waals surface area contributed by atoms with E-state index in [1.54, 1.807) is 9.36 Å². The van der Waals surface area contributed by atoms with Crippen LogP contribution in [0.1, 0.15) is 34.6 Å². The molecule has 2 bridgehead atoms. The largest absolute Gasteiger partial charge is 0.352 e. The zero-order valence-electron chi connectivity index (χ0n) is 15.3. The molecule has 1 saturated carbocycles. The van der Waals surface area contributed by atoms with Gasteiger partial charge in [0.2, 0.25) is 0 Å². The minimum Gasteiger partial charge on any atom is -0.246 e. The first-order valence-electron chi connectivity index (χ1n) is 8.94. The SMILES string of the molecule is CC1=C(C)C23Cn4c(=O)n(-c5ccccc5)c(=O)n4[C@]2(C)C1(C)[C@@H]3C. The Hall–Kier alpha value is -2.30. The lowest BCUT2D eigenvalue weighted by Crippen LogP contribution is -2.70. The number of rotatable bonds is 1. The number of hydrogen-bond acceptors (Lipinski definition) is 2. The van der Waals surface area contributed by atoms with Gasteiger partial charge in [-0.25, -0.2) is 23.5 Å². The third kappa shape index (κ3) is 1.12. The van der Waals surface area contributed by atoms with Crippen LogP contribution in [0.4, 0.5) is 0 Å². The summed E-state index contributed by atoms with van der Waals surface area (Å²) < 4.78 is 4.77. The molecule has 0 N–H and O–H groups in total. The van der Waals surface area contributed by atoms with Crippen molar-refractivity contribution in [1.82, 2.24) is 13.9 Å². The van der Waals surface area contributed by atoms with Gasteiger partial charge in [0.25, 0.3) is 0 Å². The first-order chi connectivity index (χ1) is 11.7. The van der Waals surface area contributed by atoms with Gasteiger partial charge in [0.15, 0.2) is 0 Å². The highest BCUT2D eigenvalue weighted by Crippen LogP contribution is 2.82. The van der Waals surface area contributed by atoms with E-state index in [1.807, 2.05) is 30.3 Å². The maximum Gasteiger partial charge on any atom is 0.352 e. The van der Waals surface area contributed by atoms with E-state index >= 15 is 0 Å². The van der Waals surface area contributed by atoms with Gasteiger partial charge >= 0.3 is 11.4 Å². The number of allylic oxidation sites excluding steroid dienone is 2. The highest BCUT2D eigenvalue weighted by Gasteiger charge is 2.84. The van der Waals surface area contributed by atoms with Crippen molar-refractivity contribution in [3.63, 3.8) is 0 Å². The molecular weight excluding hydrogens is 314 g/mol. The molecule has 6 rings (SSSR count). The summed E-state index contributed by atoms with van der Waals surface area (Å²) in [5.41, 5.74) is 2.37. The van der Waals surface area contributed by atoms with Gasteiger partial charge in [0.1, 0.15) is 0 Å². The molecule has 1 aromatic carbocycles. The number of para-hydroxylation sites is 1. The van der Waals surface area contributed by atoms with E-state index in [0.29, 0.717) is 18.2 Å². The summed E-state index contributed by atoms with van der Waals surface area (Å²) in [4.78, 5) is 26.4. The molecule has 1 fully saturated rings. The standard InChI is InChI=1S/C20H23N3O2/c1-12-13(2)20-11-21-16(24)22(15-9-7-6-8-10-15)17(25)23(21)19(20,5)18(12,4)14(20)3/h6-10,14H,11H2,1-5H3/t14-,18?,19+,20?/m0/s1. The van der Waals surface area contributed by atoms with Gasteiger partial charge in [-0.1, -0.05) is 43.2 Å². The fourth-order valence-corrected chi connectivity index (χ4v) is 6.73. The fourth-order valence-electron chi connectivity index (χ4n) is 6.73. The van der Waals surface area contributed by atoms with Crippen molar-refractivity contribution in [2.45, 2.75) is 46.7 Å². The molecule has 4 aliphatic rings. The zero-order chi connectivity index (χ0) is 17.9. The maximum absolute atomic E-state index is 13.3. The lowest BCUT2D eigenvalue weighted by atomic mass is 9.39. The Morgan fingerprint density at radius 1 is 1.00 bits per heavy atom. The monoisotopic (exact) mass is 337 g/mol. The van der Waals surface area contributed by atoms with Crippen LogP contribution in [0.2, 0.25) is 0 Å². The molecule has 5 heteroatoms.